The Kier molecular flexibility index (Phi) is 5.04. The standard InChI is InChI=1S/C16H21BrN2O2/c1-10-6-11(2)9-19(8-10)16(21)14-7-13(17)4-5-15(14)18-12(3)20/h4-5,7,10-11H,6,8-9H2,1-3H3,(H,18,20)/t10-,11+. The van der Waals surface area contributed by atoms with Gasteiger partial charge in [0.15, 0.2) is 0 Å². The fraction of sp³-hybridized carbons (Fsp3) is 0.500. The largest absolute Gasteiger partial charge is 0.338 e. The molecule has 1 saturated heterocycles. The van der Waals surface area contributed by atoms with Crippen molar-refractivity contribution in [2.75, 3.05) is 18.4 Å². The molecule has 1 aliphatic heterocycles. The van der Waals surface area contributed by atoms with Crippen molar-refractivity contribution in [1.29, 1.82) is 0 Å². The van der Waals surface area contributed by atoms with Crippen LogP contribution >= 0.6 is 15.9 Å². The summed E-state index contributed by atoms with van der Waals surface area (Å²) in [7, 11) is 0. The Labute approximate surface area is 134 Å². The van der Waals surface area contributed by atoms with Gasteiger partial charge >= 0.3 is 0 Å². The van der Waals surface area contributed by atoms with E-state index in [0.29, 0.717) is 23.1 Å². The number of carbonyl (C=O) groups excluding carboxylic acids is 2. The summed E-state index contributed by atoms with van der Waals surface area (Å²) < 4.78 is 0.832. The summed E-state index contributed by atoms with van der Waals surface area (Å²) in [6.45, 7) is 7.34. The van der Waals surface area contributed by atoms with E-state index >= 15 is 0 Å². The third kappa shape index (κ3) is 4.06. The van der Waals surface area contributed by atoms with E-state index < -0.39 is 0 Å². The van der Waals surface area contributed by atoms with E-state index in [1.807, 2.05) is 11.0 Å². The van der Waals surface area contributed by atoms with Gasteiger partial charge in [-0.15, -0.1) is 0 Å². The summed E-state index contributed by atoms with van der Waals surface area (Å²) in [5.41, 5.74) is 1.11. The van der Waals surface area contributed by atoms with Gasteiger partial charge in [0.05, 0.1) is 11.3 Å². The minimum atomic E-state index is -0.174. The van der Waals surface area contributed by atoms with Crippen LogP contribution in [0.1, 0.15) is 37.6 Å². The number of nitrogens with zero attached hydrogens (tertiary/aromatic N) is 1. The van der Waals surface area contributed by atoms with Crippen molar-refractivity contribution in [2.45, 2.75) is 27.2 Å². The topological polar surface area (TPSA) is 49.4 Å². The van der Waals surface area contributed by atoms with Crippen LogP contribution in [-0.2, 0) is 4.79 Å². The zero-order chi connectivity index (χ0) is 15.6. The number of nitrogens with one attached hydrogen (secondary N) is 1. The van der Waals surface area contributed by atoms with Gasteiger partial charge in [0.2, 0.25) is 5.91 Å². The molecule has 1 N–H and O–H groups in total. The van der Waals surface area contributed by atoms with Crippen molar-refractivity contribution >= 4 is 33.4 Å². The van der Waals surface area contributed by atoms with Crippen molar-refractivity contribution in [3.05, 3.63) is 28.2 Å². The summed E-state index contributed by atoms with van der Waals surface area (Å²) in [4.78, 5) is 26.0. The minimum absolute atomic E-state index is 0.0153. The zero-order valence-corrected chi connectivity index (χ0v) is 14.2. The molecule has 114 valence electrons. The Bertz CT molecular complexity index is 549. The maximum Gasteiger partial charge on any atom is 0.256 e. The van der Waals surface area contributed by atoms with Crippen molar-refractivity contribution in [1.82, 2.24) is 4.90 Å². The molecule has 21 heavy (non-hydrogen) atoms. The predicted octanol–water partition coefficient (Wildman–Crippen LogP) is 3.53. The summed E-state index contributed by atoms with van der Waals surface area (Å²) in [6, 6.07) is 5.36. The van der Waals surface area contributed by atoms with Crippen LogP contribution in [-0.4, -0.2) is 29.8 Å². The van der Waals surface area contributed by atoms with Gasteiger partial charge in [-0.2, -0.15) is 0 Å². The average molecular weight is 353 g/mol. The van der Waals surface area contributed by atoms with Crippen molar-refractivity contribution in [3.63, 3.8) is 0 Å². The monoisotopic (exact) mass is 352 g/mol. The quantitative estimate of drug-likeness (QED) is 0.884. The maximum atomic E-state index is 12.8. The normalized spacial score (nSPS) is 22.0. The Morgan fingerprint density at radius 3 is 2.43 bits per heavy atom. The number of benzene rings is 1. The van der Waals surface area contributed by atoms with Gasteiger partial charge < -0.3 is 10.2 Å². The molecule has 0 aliphatic carbocycles. The molecule has 1 aliphatic rings. The number of hydrogen-bond acceptors (Lipinski definition) is 2. The molecule has 5 heteroatoms. The van der Waals surface area contributed by atoms with Gasteiger partial charge in [-0.05, 0) is 36.5 Å². The van der Waals surface area contributed by atoms with E-state index in [0.717, 1.165) is 24.0 Å². The average Bonchev–Trinajstić information content (AvgIpc) is 2.38. The first-order valence-corrected chi connectivity index (χ1v) is 8.02. The molecule has 0 saturated carbocycles. The Morgan fingerprint density at radius 2 is 1.86 bits per heavy atom. The lowest BCUT2D eigenvalue weighted by molar-refractivity contribution is -0.114. The van der Waals surface area contributed by atoms with E-state index in [-0.39, 0.29) is 11.8 Å². The SMILES string of the molecule is CC(=O)Nc1ccc(Br)cc1C(=O)N1C[C@H](C)C[C@H](C)C1. The second-order valence-corrected chi connectivity index (χ2v) is 6.94. The molecular weight excluding hydrogens is 332 g/mol. The first kappa shape index (κ1) is 16.0. The fourth-order valence-electron chi connectivity index (χ4n) is 2.99. The highest BCUT2D eigenvalue weighted by molar-refractivity contribution is 9.10. The number of halogens is 1. The third-order valence-corrected chi connectivity index (χ3v) is 4.17. The van der Waals surface area contributed by atoms with Crippen molar-refractivity contribution in [3.8, 4) is 0 Å². The molecule has 2 amide bonds. The highest BCUT2D eigenvalue weighted by Gasteiger charge is 2.27. The fourth-order valence-corrected chi connectivity index (χ4v) is 3.35. The third-order valence-electron chi connectivity index (χ3n) is 3.68. The molecule has 1 heterocycles. The van der Waals surface area contributed by atoms with Crippen LogP contribution in [0.15, 0.2) is 22.7 Å². The van der Waals surface area contributed by atoms with E-state index in [1.165, 1.54) is 6.92 Å². The molecular formula is C16H21BrN2O2. The zero-order valence-electron chi connectivity index (χ0n) is 12.6. The predicted molar refractivity (Wildman–Crippen MR) is 87.3 cm³/mol. The molecule has 0 aromatic heterocycles. The van der Waals surface area contributed by atoms with E-state index in [4.69, 9.17) is 0 Å². The van der Waals surface area contributed by atoms with Gasteiger partial charge in [0.1, 0.15) is 0 Å². The number of piperidine rings is 1. The van der Waals surface area contributed by atoms with E-state index in [1.54, 1.807) is 12.1 Å². The lowest BCUT2D eigenvalue weighted by atomic mass is 9.91. The van der Waals surface area contributed by atoms with Gasteiger partial charge in [0, 0.05) is 24.5 Å². The number of carbonyl (C=O) groups is 2. The van der Waals surface area contributed by atoms with Crippen molar-refractivity contribution in [2.24, 2.45) is 11.8 Å². The Morgan fingerprint density at radius 1 is 1.24 bits per heavy atom. The molecule has 2 rings (SSSR count). The number of anilines is 1. The highest BCUT2D eigenvalue weighted by Crippen LogP contribution is 2.27. The first-order chi connectivity index (χ1) is 9.86. The maximum absolute atomic E-state index is 12.8. The van der Waals surface area contributed by atoms with Gasteiger partial charge in [-0.1, -0.05) is 29.8 Å². The summed E-state index contributed by atoms with van der Waals surface area (Å²) in [5, 5.41) is 2.74. The van der Waals surface area contributed by atoms with Gasteiger partial charge in [-0.3, -0.25) is 9.59 Å². The van der Waals surface area contributed by atoms with E-state index in [2.05, 4.69) is 35.1 Å². The Hall–Kier alpha value is -1.36. The molecule has 2 atom stereocenters. The number of rotatable bonds is 2. The Balaban J connectivity index is 2.29. The highest BCUT2D eigenvalue weighted by atomic mass is 79.9. The van der Waals surface area contributed by atoms with Crippen molar-refractivity contribution < 1.29 is 9.59 Å². The first-order valence-electron chi connectivity index (χ1n) is 7.23. The minimum Gasteiger partial charge on any atom is -0.338 e. The summed E-state index contributed by atoms with van der Waals surface area (Å²) in [5.74, 6) is 0.827. The number of hydrogen-bond donors (Lipinski definition) is 1. The smallest absolute Gasteiger partial charge is 0.256 e. The number of likely N-dealkylation sites (tertiary alicyclic amines) is 1. The molecule has 1 aromatic carbocycles. The van der Waals surface area contributed by atoms with Crippen LogP contribution < -0.4 is 5.32 Å². The van der Waals surface area contributed by atoms with Crippen LogP contribution in [0.25, 0.3) is 0 Å². The van der Waals surface area contributed by atoms with Gasteiger partial charge in [-0.25, -0.2) is 0 Å². The lowest BCUT2D eigenvalue weighted by Crippen LogP contribution is -2.42. The van der Waals surface area contributed by atoms with Crippen LogP contribution in [0.3, 0.4) is 0 Å². The molecule has 0 bridgehead atoms. The van der Waals surface area contributed by atoms with Gasteiger partial charge in [0.25, 0.3) is 5.91 Å². The number of amides is 2. The summed E-state index contributed by atoms with van der Waals surface area (Å²) in [6.07, 6.45) is 1.15. The van der Waals surface area contributed by atoms with E-state index in [9.17, 15) is 9.59 Å². The molecule has 1 aromatic rings. The molecule has 0 spiro atoms. The molecule has 1 fully saturated rings. The lowest BCUT2D eigenvalue weighted by Gasteiger charge is -2.35. The molecule has 0 radical (unpaired) electrons. The second-order valence-electron chi connectivity index (χ2n) is 6.03. The van der Waals surface area contributed by atoms with Crippen LogP contribution in [0, 0.1) is 11.8 Å². The second kappa shape index (κ2) is 6.60. The molecule has 0 unspecified atom stereocenters. The van der Waals surface area contributed by atoms with Crippen LogP contribution in [0.5, 0.6) is 0 Å². The summed E-state index contributed by atoms with van der Waals surface area (Å²) >= 11 is 3.40. The van der Waals surface area contributed by atoms with Crippen LogP contribution in [0.4, 0.5) is 5.69 Å². The molecule has 4 nitrogen and oxygen atoms in total. The van der Waals surface area contributed by atoms with Crippen LogP contribution in [0.2, 0.25) is 0 Å².